The number of halogens is 3. The van der Waals surface area contributed by atoms with Gasteiger partial charge in [0.25, 0.3) is 5.56 Å². The van der Waals surface area contributed by atoms with Crippen LogP contribution in [0.15, 0.2) is 22.1 Å². The van der Waals surface area contributed by atoms with Gasteiger partial charge in [0.1, 0.15) is 17.4 Å². The molecule has 0 fully saturated rings. The van der Waals surface area contributed by atoms with Crippen LogP contribution in [0.1, 0.15) is 5.56 Å². The maximum absolute atomic E-state index is 13.7. The highest BCUT2D eigenvalue weighted by Crippen LogP contribution is 2.26. The first-order chi connectivity index (χ1) is 9.47. The first-order valence-corrected chi connectivity index (χ1v) is 6.43. The summed E-state index contributed by atoms with van der Waals surface area (Å²) in [7, 11) is 0. The Labute approximate surface area is 115 Å². The van der Waals surface area contributed by atoms with E-state index in [0.29, 0.717) is 12.1 Å². The predicted octanol–water partition coefficient (Wildman–Crippen LogP) is 2.45. The van der Waals surface area contributed by atoms with Gasteiger partial charge in [-0.2, -0.15) is 5.26 Å². The Bertz CT molecular complexity index is 783. The van der Waals surface area contributed by atoms with Crippen molar-refractivity contribution in [3.8, 4) is 17.3 Å². The van der Waals surface area contributed by atoms with Crippen molar-refractivity contribution in [2.75, 3.05) is 6.26 Å². The number of rotatable bonds is 2. The SMILES string of the molecule is CSc1nc(-c2cc(F)cc(F)c2F)c(C#N)c(=O)[nH]1. The summed E-state index contributed by atoms with van der Waals surface area (Å²) in [5.74, 6) is -3.82. The molecular weight excluding hydrogens is 291 g/mol. The van der Waals surface area contributed by atoms with Crippen molar-refractivity contribution < 1.29 is 13.2 Å². The maximum atomic E-state index is 13.7. The van der Waals surface area contributed by atoms with Gasteiger partial charge in [-0.05, 0) is 12.3 Å². The minimum absolute atomic E-state index is 0.105. The summed E-state index contributed by atoms with van der Waals surface area (Å²) in [5, 5.41) is 9.03. The summed E-state index contributed by atoms with van der Waals surface area (Å²) in [6.45, 7) is 0. The normalized spacial score (nSPS) is 10.3. The summed E-state index contributed by atoms with van der Waals surface area (Å²) in [6.07, 6.45) is 1.59. The van der Waals surface area contributed by atoms with E-state index in [-0.39, 0.29) is 5.16 Å². The largest absolute Gasteiger partial charge is 0.300 e. The number of benzene rings is 1. The van der Waals surface area contributed by atoms with E-state index in [2.05, 4.69) is 9.97 Å². The summed E-state index contributed by atoms with van der Waals surface area (Å²) < 4.78 is 40.2. The molecule has 1 aromatic heterocycles. The topological polar surface area (TPSA) is 69.5 Å². The van der Waals surface area contributed by atoms with Gasteiger partial charge in [-0.15, -0.1) is 0 Å². The lowest BCUT2D eigenvalue weighted by molar-refractivity contribution is 0.497. The van der Waals surface area contributed by atoms with Gasteiger partial charge in [0.05, 0.1) is 5.69 Å². The molecule has 0 aliphatic heterocycles. The van der Waals surface area contributed by atoms with Gasteiger partial charge in [-0.3, -0.25) is 4.79 Å². The zero-order valence-corrected chi connectivity index (χ0v) is 10.8. The van der Waals surface area contributed by atoms with Crippen molar-refractivity contribution in [2.45, 2.75) is 5.16 Å². The van der Waals surface area contributed by atoms with Gasteiger partial charge in [-0.1, -0.05) is 11.8 Å². The van der Waals surface area contributed by atoms with Crippen LogP contribution in [0.4, 0.5) is 13.2 Å². The lowest BCUT2D eigenvalue weighted by Gasteiger charge is -2.07. The molecule has 0 spiro atoms. The van der Waals surface area contributed by atoms with E-state index in [4.69, 9.17) is 5.26 Å². The van der Waals surface area contributed by atoms with E-state index in [1.165, 1.54) is 0 Å². The molecule has 0 aliphatic carbocycles. The minimum atomic E-state index is -1.42. The molecule has 4 nitrogen and oxygen atoms in total. The second-order valence-corrected chi connectivity index (χ2v) is 4.45. The van der Waals surface area contributed by atoms with Gasteiger partial charge in [0, 0.05) is 11.6 Å². The molecule has 8 heteroatoms. The third-order valence-electron chi connectivity index (χ3n) is 2.45. The Morgan fingerprint density at radius 2 is 2.05 bits per heavy atom. The lowest BCUT2D eigenvalue weighted by Crippen LogP contribution is -2.15. The Balaban J connectivity index is 2.85. The maximum Gasteiger partial charge on any atom is 0.270 e. The molecule has 20 heavy (non-hydrogen) atoms. The Morgan fingerprint density at radius 3 is 2.65 bits per heavy atom. The van der Waals surface area contributed by atoms with Gasteiger partial charge in [0.2, 0.25) is 0 Å². The molecular formula is C12H6F3N3OS. The van der Waals surface area contributed by atoms with Crippen LogP contribution in [0, 0.1) is 28.8 Å². The average Bonchev–Trinajstić information content (AvgIpc) is 2.41. The molecule has 0 unspecified atom stereocenters. The summed E-state index contributed by atoms with van der Waals surface area (Å²) in [6, 6.07) is 2.61. The second-order valence-electron chi connectivity index (χ2n) is 3.66. The standard InChI is InChI=1S/C12H6F3N3OS/c1-20-12-17-10(7(4-16)11(19)18-12)6-2-5(13)3-8(14)9(6)15/h2-3H,1H3,(H,17,18,19). The monoisotopic (exact) mass is 297 g/mol. The molecule has 102 valence electrons. The van der Waals surface area contributed by atoms with Crippen molar-refractivity contribution in [2.24, 2.45) is 0 Å². The van der Waals surface area contributed by atoms with E-state index in [9.17, 15) is 18.0 Å². The number of hydrogen-bond acceptors (Lipinski definition) is 4. The Hall–Kier alpha value is -2.27. The smallest absolute Gasteiger partial charge is 0.270 e. The first kappa shape index (κ1) is 14.1. The van der Waals surface area contributed by atoms with Crippen molar-refractivity contribution in [3.63, 3.8) is 0 Å². The highest BCUT2D eigenvalue weighted by Gasteiger charge is 2.20. The summed E-state index contributed by atoms with van der Waals surface area (Å²) >= 11 is 1.04. The molecule has 2 aromatic rings. The first-order valence-electron chi connectivity index (χ1n) is 5.21. The second kappa shape index (κ2) is 5.38. The number of aromatic nitrogens is 2. The fourth-order valence-electron chi connectivity index (χ4n) is 1.58. The average molecular weight is 297 g/mol. The van der Waals surface area contributed by atoms with Crippen molar-refractivity contribution in [1.82, 2.24) is 9.97 Å². The van der Waals surface area contributed by atoms with Crippen LogP contribution in [0.3, 0.4) is 0 Å². The number of H-pyrrole nitrogens is 1. The Kier molecular flexibility index (Phi) is 3.81. The van der Waals surface area contributed by atoms with Crippen LogP contribution in [0.5, 0.6) is 0 Å². The Morgan fingerprint density at radius 1 is 1.35 bits per heavy atom. The quantitative estimate of drug-likeness (QED) is 0.525. The summed E-state index contributed by atoms with van der Waals surface area (Å²) in [4.78, 5) is 17.8. The number of nitriles is 1. The van der Waals surface area contributed by atoms with Gasteiger partial charge >= 0.3 is 0 Å². The molecule has 1 N–H and O–H groups in total. The van der Waals surface area contributed by atoms with Crippen molar-refractivity contribution in [3.05, 3.63) is 45.5 Å². The molecule has 1 heterocycles. The van der Waals surface area contributed by atoms with Gasteiger partial charge in [0.15, 0.2) is 16.8 Å². The predicted molar refractivity (Wildman–Crippen MR) is 66.7 cm³/mol. The van der Waals surface area contributed by atoms with Crippen LogP contribution in [0.2, 0.25) is 0 Å². The molecule has 0 bridgehead atoms. The number of hydrogen-bond donors (Lipinski definition) is 1. The highest BCUT2D eigenvalue weighted by molar-refractivity contribution is 7.98. The van der Waals surface area contributed by atoms with Crippen LogP contribution in [0.25, 0.3) is 11.3 Å². The zero-order valence-electron chi connectivity index (χ0n) is 10.00. The molecule has 0 radical (unpaired) electrons. The van der Waals surface area contributed by atoms with Crippen LogP contribution < -0.4 is 5.56 Å². The number of thioether (sulfide) groups is 1. The third kappa shape index (κ3) is 2.40. The molecule has 0 atom stereocenters. The minimum Gasteiger partial charge on any atom is -0.300 e. The van der Waals surface area contributed by atoms with E-state index < -0.39 is 39.8 Å². The summed E-state index contributed by atoms with van der Waals surface area (Å²) in [5.41, 5.74) is -2.27. The molecule has 0 saturated carbocycles. The van der Waals surface area contributed by atoms with E-state index in [1.54, 1.807) is 12.3 Å². The van der Waals surface area contributed by atoms with Gasteiger partial charge < -0.3 is 4.98 Å². The van der Waals surface area contributed by atoms with Crippen molar-refractivity contribution in [1.29, 1.82) is 5.26 Å². The van der Waals surface area contributed by atoms with Crippen LogP contribution in [-0.4, -0.2) is 16.2 Å². The van der Waals surface area contributed by atoms with Crippen molar-refractivity contribution >= 4 is 11.8 Å². The van der Waals surface area contributed by atoms with Crippen LogP contribution in [-0.2, 0) is 0 Å². The van der Waals surface area contributed by atoms with E-state index in [1.807, 2.05) is 0 Å². The fourth-order valence-corrected chi connectivity index (χ4v) is 1.95. The molecule has 2 rings (SSSR count). The highest BCUT2D eigenvalue weighted by atomic mass is 32.2. The molecule has 0 saturated heterocycles. The third-order valence-corrected chi connectivity index (χ3v) is 3.03. The zero-order chi connectivity index (χ0) is 14.9. The van der Waals surface area contributed by atoms with Gasteiger partial charge in [-0.25, -0.2) is 18.2 Å². The van der Waals surface area contributed by atoms with Crippen LogP contribution >= 0.6 is 11.8 Å². The molecule has 1 aromatic carbocycles. The fraction of sp³-hybridized carbons (Fsp3) is 0.0833. The van der Waals surface area contributed by atoms with E-state index in [0.717, 1.165) is 11.8 Å². The molecule has 0 amide bonds. The number of aromatic amines is 1. The van der Waals surface area contributed by atoms with E-state index >= 15 is 0 Å². The molecule has 0 aliphatic rings. The lowest BCUT2D eigenvalue weighted by atomic mass is 10.1. The number of nitrogens with zero attached hydrogens (tertiary/aromatic N) is 2. The number of nitrogens with one attached hydrogen (secondary N) is 1.